The summed E-state index contributed by atoms with van der Waals surface area (Å²) in [6.45, 7) is 9.44. The smallest absolute Gasteiger partial charge is 0.241 e. The molecule has 1 aliphatic heterocycles. The third kappa shape index (κ3) is 6.02. The van der Waals surface area contributed by atoms with Crippen molar-refractivity contribution in [2.45, 2.75) is 20.4 Å². The highest BCUT2D eigenvalue weighted by atomic mass is 35.5. The minimum Gasteiger partial charge on any atom is -0.355 e. The minimum absolute atomic E-state index is 0.0988. The molecule has 1 aromatic carbocycles. The molecule has 0 spiro atoms. The molecule has 0 unspecified atom stereocenters. The van der Waals surface area contributed by atoms with Gasteiger partial charge in [0, 0.05) is 43.3 Å². The van der Waals surface area contributed by atoms with Crippen molar-refractivity contribution in [2.75, 3.05) is 39.3 Å². The molecular weight excluding hydrogens is 366 g/mol. The predicted molar refractivity (Wildman–Crippen MR) is 104 cm³/mol. The first-order valence-electron chi connectivity index (χ1n) is 9.29. The Morgan fingerprint density at radius 2 is 1.85 bits per heavy atom. The average Bonchev–Trinajstić information content (AvgIpc) is 3.11. The molecule has 1 fully saturated rings. The normalized spacial score (nSPS) is 16.0. The lowest BCUT2D eigenvalue weighted by molar-refractivity contribution is -0.122. The maximum atomic E-state index is 11.9. The first-order valence-corrected chi connectivity index (χ1v) is 9.67. The van der Waals surface area contributed by atoms with E-state index in [-0.39, 0.29) is 5.91 Å². The van der Waals surface area contributed by atoms with E-state index < -0.39 is 0 Å². The Bertz CT molecular complexity index is 739. The Labute approximate surface area is 164 Å². The first-order chi connectivity index (χ1) is 13.0. The Morgan fingerprint density at radius 1 is 1.19 bits per heavy atom. The highest BCUT2D eigenvalue weighted by molar-refractivity contribution is 6.30. The zero-order valence-corrected chi connectivity index (χ0v) is 16.6. The van der Waals surface area contributed by atoms with Crippen LogP contribution in [0.1, 0.15) is 19.7 Å². The molecule has 8 heteroatoms. The summed E-state index contributed by atoms with van der Waals surface area (Å²) in [6, 6.07) is 7.37. The van der Waals surface area contributed by atoms with E-state index in [1.165, 1.54) is 0 Å². The Balaban J connectivity index is 1.44. The van der Waals surface area contributed by atoms with Gasteiger partial charge in [0.1, 0.15) is 0 Å². The van der Waals surface area contributed by atoms with Gasteiger partial charge in [0.2, 0.25) is 17.6 Å². The molecule has 0 saturated carbocycles. The molecule has 0 atom stereocenters. The summed E-state index contributed by atoms with van der Waals surface area (Å²) >= 11 is 5.91. The minimum atomic E-state index is 0.0988. The summed E-state index contributed by atoms with van der Waals surface area (Å²) in [6.07, 6.45) is 0. The van der Waals surface area contributed by atoms with Gasteiger partial charge in [-0.1, -0.05) is 30.6 Å². The van der Waals surface area contributed by atoms with Crippen LogP contribution in [0.4, 0.5) is 0 Å². The van der Waals surface area contributed by atoms with E-state index in [1.807, 2.05) is 24.3 Å². The average molecular weight is 392 g/mol. The molecule has 27 heavy (non-hydrogen) atoms. The van der Waals surface area contributed by atoms with Crippen molar-refractivity contribution >= 4 is 17.5 Å². The molecule has 3 rings (SSSR count). The number of hydrogen-bond donors (Lipinski definition) is 1. The van der Waals surface area contributed by atoms with E-state index >= 15 is 0 Å². The van der Waals surface area contributed by atoms with E-state index in [9.17, 15) is 4.79 Å². The molecule has 0 bridgehead atoms. The van der Waals surface area contributed by atoms with Gasteiger partial charge in [0.05, 0.1) is 13.1 Å². The van der Waals surface area contributed by atoms with Crippen molar-refractivity contribution in [3.63, 3.8) is 0 Å². The Kier molecular flexibility index (Phi) is 6.82. The third-order valence-electron chi connectivity index (χ3n) is 4.47. The standard InChI is InChI=1S/C19H26ClN5O2/c1-14(2)11-21-17(26)12-24-7-9-25(10-8-24)13-18-22-19(23-27-18)15-3-5-16(20)6-4-15/h3-6,14H,7-13H2,1-2H3,(H,21,26). The van der Waals surface area contributed by atoms with Crippen molar-refractivity contribution in [2.24, 2.45) is 5.92 Å². The Morgan fingerprint density at radius 3 is 2.52 bits per heavy atom. The summed E-state index contributed by atoms with van der Waals surface area (Å²) in [4.78, 5) is 20.9. The number of hydrogen-bond acceptors (Lipinski definition) is 6. The number of amides is 1. The van der Waals surface area contributed by atoms with Gasteiger partial charge < -0.3 is 9.84 Å². The number of aromatic nitrogens is 2. The molecule has 2 aromatic rings. The first kappa shape index (κ1) is 19.8. The second-order valence-corrected chi connectivity index (χ2v) is 7.71. The fourth-order valence-electron chi connectivity index (χ4n) is 2.91. The van der Waals surface area contributed by atoms with E-state index in [2.05, 4.69) is 39.1 Å². The van der Waals surface area contributed by atoms with Crippen molar-refractivity contribution in [1.82, 2.24) is 25.3 Å². The SMILES string of the molecule is CC(C)CNC(=O)CN1CCN(Cc2nc(-c3ccc(Cl)cc3)no2)CC1. The summed E-state index contributed by atoms with van der Waals surface area (Å²) < 4.78 is 5.38. The van der Waals surface area contributed by atoms with Crippen LogP contribution >= 0.6 is 11.6 Å². The van der Waals surface area contributed by atoms with Gasteiger partial charge in [-0.2, -0.15) is 4.98 Å². The van der Waals surface area contributed by atoms with Gasteiger partial charge in [-0.3, -0.25) is 14.6 Å². The number of carbonyl (C=O) groups is 1. The quantitative estimate of drug-likeness (QED) is 0.780. The lowest BCUT2D eigenvalue weighted by Crippen LogP contribution is -2.49. The topological polar surface area (TPSA) is 74.5 Å². The van der Waals surface area contributed by atoms with Gasteiger partial charge >= 0.3 is 0 Å². The number of halogens is 1. The summed E-state index contributed by atoms with van der Waals surface area (Å²) in [5.74, 6) is 1.74. The second kappa shape index (κ2) is 9.30. The maximum absolute atomic E-state index is 11.9. The van der Waals surface area contributed by atoms with Crippen LogP contribution in [0.25, 0.3) is 11.4 Å². The highest BCUT2D eigenvalue weighted by Gasteiger charge is 2.21. The largest absolute Gasteiger partial charge is 0.355 e. The zero-order valence-electron chi connectivity index (χ0n) is 15.8. The van der Waals surface area contributed by atoms with Gasteiger partial charge in [0.15, 0.2) is 0 Å². The van der Waals surface area contributed by atoms with Crippen LogP contribution in [0, 0.1) is 5.92 Å². The molecular formula is C19H26ClN5O2. The van der Waals surface area contributed by atoms with Gasteiger partial charge in [-0.05, 0) is 30.2 Å². The highest BCUT2D eigenvalue weighted by Crippen LogP contribution is 2.19. The Hall–Kier alpha value is -1.96. The molecule has 1 amide bonds. The number of nitrogens with one attached hydrogen (secondary N) is 1. The second-order valence-electron chi connectivity index (χ2n) is 7.27. The van der Waals surface area contributed by atoms with Crippen LogP contribution in [0.5, 0.6) is 0 Å². The number of benzene rings is 1. The van der Waals surface area contributed by atoms with Gasteiger partial charge in [-0.25, -0.2) is 0 Å². The van der Waals surface area contributed by atoms with Crippen molar-refractivity contribution < 1.29 is 9.32 Å². The van der Waals surface area contributed by atoms with Crippen molar-refractivity contribution in [3.05, 3.63) is 35.2 Å². The molecule has 1 saturated heterocycles. The zero-order chi connectivity index (χ0) is 19.2. The molecule has 1 N–H and O–H groups in total. The predicted octanol–water partition coefficient (Wildman–Crippen LogP) is 2.28. The van der Waals surface area contributed by atoms with E-state index in [0.717, 1.165) is 38.3 Å². The van der Waals surface area contributed by atoms with E-state index in [4.69, 9.17) is 16.1 Å². The van der Waals surface area contributed by atoms with Crippen LogP contribution in [0.3, 0.4) is 0 Å². The summed E-state index contributed by atoms with van der Waals surface area (Å²) in [5, 5.41) is 7.70. The lowest BCUT2D eigenvalue weighted by Gasteiger charge is -2.33. The molecule has 1 aliphatic rings. The molecule has 0 aliphatic carbocycles. The third-order valence-corrected chi connectivity index (χ3v) is 4.72. The molecule has 2 heterocycles. The number of nitrogens with zero attached hydrogens (tertiary/aromatic N) is 4. The van der Waals surface area contributed by atoms with Gasteiger partial charge in [0.25, 0.3) is 0 Å². The molecule has 7 nitrogen and oxygen atoms in total. The van der Waals surface area contributed by atoms with Crippen LogP contribution in [-0.2, 0) is 11.3 Å². The van der Waals surface area contributed by atoms with Crippen LogP contribution in [-0.4, -0.2) is 65.1 Å². The number of piperazine rings is 1. The van der Waals surface area contributed by atoms with E-state index in [1.54, 1.807) is 0 Å². The van der Waals surface area contributed by atoms with Gasteiger partial charge in [-0.15, -0.1) is 0 Å². The maximum Gasteiger partial charge on any atom is 0.241 e. The molecule has 1 aromatic heterocycles. The fourth-order valence-corrected chi connectivity index (χ4v) is 3.04. The fraction of sp³-hybridized carbons (Fsp3) is 0.526. The van der Waals surface area contributed by atoms with Crippen molar-refractivity contribution in [3.8, 4) is 11.4 Å². The summed E-state index contributed by atoms with van der Waals surface area (Å²) in [5.41, 5.74) is 0.881. The summed E-state index contributed by atoms with van der Waals surface area (Å²) in [7, 11) is 0. The monoisotopic (exact) mass is 391 g/mol. The van der Waals surface area contributed by atoms with Crippen molar-refractivity contribution in [1.29, 1.82) is 0 Å². The number of carbonyl (C=O) groups excluding carboxylic acids is 1. The van der Waals surface area contributed by atoms with Crippen LogP contribution in [0.2, 0.25) is 5.02 Å². The number of rotatable bonds is 7. The molecule has 146 valence electrons. The van der Waals surface area contributed by atoms with Crippen LogP contribution < -0.4 is 5.32 Å². The van der Waals surface area contributed by atoms with E-state index in [0.29, 0.717) is 35.7 Å². The lowest BCUT2D eigenvalue weighted by atomic mass is 10.2. The van der Waals surface area contributed by atoms with Crippen LogP contribution in [0.15, 0.2) is 28.8 Å². The molecule has 0 radical (unpaired) electrons.